The van der Waals surface area contributed by atoms with Gasteiger partial charge in [0.1, 0.15) is 11.5 Å². The smallest absolute Gasteiger partial charge is 0.262 e. The molecule has 2 rings (SSSR count). The van der Waals surface area contributed by atoms with Crippen LogP contribution in [-0.4, -0.2) is 24.7 Å². The highest BCUT2D eigenvalue weighted by molar-refractivity contribution is 6.08. The van der Waals surface area contributed by atoms with Crippen LogP contribution in [0.2, 0.25) is 0 Å². The highest BCUT2D eigenvalue weighted by atomic mass is 16.5. The van der Waals surface area contributed by atoms with Gasteiger partial charge in [-0.25, -0.2) is 0 Å². The van der Waals surface area contributed by atoms with E-state index in [0.29, 0.717) is 23.5 Å². The number of ether oxygens (including phenoxy) is 1. The van der Waals surface area contributed by atoms with Crippen LogP contribution >= 0.6 is 0 Å². The van der Waals surface area contributed by atoms with Crippen LogP contribution < -0.4 is 9.64 Å². The molecule has 2 aromatic carbocycles. The molecule has 0 radical (unpaired) electrons. The lowest BCUT2D eigenvalue weighted by molar-refractivity contribution is 0.0985. The van der Waals surface area contributed by atoms with Crippen molar-refractivity contribution in [2.75, 3.05) is 18.6 Å². The number of hydrogen-bond donors (Lipinski definition) is 1. The van der Waals surface area contributed by atoms with Gasteiger partial charge in [0.2, 0.25) is 0 Å². The average Bonchev–Trinajstić information content (AvgIpc) is 2.51. The fourth-order valence-corrected chi connectivity index (χ4v) is 2.28. The summed E-state index contributed by atoms with van der Waals surface area (Å²) < 4.78 is 5.25. The molecule has 4 nitrogen and oxygen atoms in total. The first-order chi connectivity index (χ1) is 10.1. The molecular weight excluding hydrogens is 266 g/mol. The Balaban J connectivity index is 2.46. The number of benzene rings is 2. The largest absolute Gasteiger partial charge is 0.508 e. The molecular formula is C17H19NO3. The third kappa shape index (κ3) is 2.99. The van der Waals surface area contributed by atoms with Gasteiger partial charge in [-0.1, -0.05) is 18.2 Å². The Morgan fingerprint density at radius 2 is 1.95 bits per heavy atom. The Morgan fingerprint density at radius 1 is 1.24 bits per heavy atom. The third-order valence-corrected chi connectivity index (χ3v) is 3.38. The fourth-order valence-electron chi connectivity index (χ4n) is 2.28. The van der Waals surface area contributed by atoms with Crippen molar-refractivity contribution in [3.8, 4) is 11.5 Å². The molecule has 0 atom stereocenters. The second kappa shape index (κ2) is 6.31. The lowest BCUT2D eigenvalue weighted by Crippen LogP contribution is -2.31. The van der Waals surface area contributed by atoms with E-state index in [9.17, 15) is 9.90 Å². The molecule has 21 heavy (non-hydrogen) atoms. The van der Waals surface area contributed by atoms with Crippen LogP contribution in [-0.2, 0) is 0 Å². The Hall–Kier alpha value is -2.49. The molecule has 0 aliphatic rings. The van der Waals surface area contributed by atoms with Gasteiger partial charge < -0.3 is 14.7 Å². The second-order valence-electron chi connectivity index (χ2n) is 4.72. The molecule has 0 fully saturated rings. The summed E-state index contributed by atoms with van der Waals surface area (Å²) in [7, 11) is 1.54. The fraction of sp³-hybridized carbons (Fsp3) is 0.235. The van der Waals surface area contributed by atoms with Crippen molar-refractivity contribution in [3.05, 3.63) is 53.6 Å². The van der Waals surface area contributed by atoms with Crippen molar-refractivity contribution in [2.24, 2.45) is 0 Å². The number of phenolic OH excluding ortho intramolecular Hbond substituents is 1. The van der Waals surface area contributed by atoms with Gasteiger partial charge in [-0.05, 0) is 37.6 Å². The number of methoxy groups -OCH3 is 1. The minimum Gasteiger partial charge on any atom is -0.508 e. The lowest BCUT2D eigenvalue weighted by Gasteiger charge is -2.24. The first-order valence-electron chi connectivity index (χ1n) is 6.83. The van der Waals surface area contributed by atoms with E-state index < -0.39 is 0 Å². The average molecular weight is 285 g/mol. The summed E-state index contributed by atoms with van der Waals surface area (Å²) in [6.07, 6.45) is 0. The first-order valence-corrected chi connectivity index (χ1v) is 6.83. The van der Waals surface area contributed by atoms with Gasteiger partial charge in [0.05, 0.1) is 18.4 Å². The normalized spacial score (nSPS) is 10.2. The summed E-state index contributed by atoms with van der Waals surface area (Å²) in [6.45, 7) is 4.31. The standard InChI is InChI=1S/C17H19NO3/c1-4-18(15-11-13(19)10-9-12(15)2)17(20)14-7-5-6-8-16(14)21-3/h5-11,19H,4H2,1-3H3. The molecule has 0 saturated carbocycles. The van der Waals surface area contributed by atoms with Crippen molar-refractivity contribution >= 4 is 11.6 Å². The molecule has 0 aliphatic carbocycles. The minimum atomic E-state index is -0.149. The van der Waals surface area contributed by atoms with Gasteiger partial charge >= 0.3 is 0 Å². The summed E-state index contributed by atoms with van der Waals surface area (Å²) >= 11 is 0. The predicted octanol–water partition coefficient (Wildman–Crippen LogP) is 3.38. The zero-order valence-electron chi connectivity index (χ0n) is 12.5. The van der Waals surface area contributed by atoms with Gasteiger partial charge in [-0.15, -0.1) is 0 Å². The second-order valence-corrected chi connectivity index (χ2v) is 4.72. The Bertz CT molecular complexity index is 652. The van der Waals surface area contributed by atoms with E-state index in [1.165, 1.54) is 0 Å². The van der Waals surface area contributed by atoms with Crippen molar-refractivity contribution in [2.45, 2.75) is 13.8 Å². The molecule has 0 aliphatic heterocycles. The third-order valence-electron chi connectivity index (χ3n) is 3.38. The number of phenols is 1. The number of carbonyl (C=O) groups is 1. The quantitative estimate of drug-likeness (QED) is 0.937. The summed E-state index contributed by atoms with van der Waals surface area (Å²) in [5.74, 6) is 0.532. The maximum atomic E-state index is 12.8. The van der Waals surface area contributed by atoms with E-state index in [1.54, 1.807) is 48.4 Å². The maximum Gasteiger partial charge on any atom is 0.262 e. The Morgan fingerprint density at radius 3 is 2.62 bits per heavy atom. The summed E-state index contributed by atoms with van der Waals surface area (Å²) in [6, 6.07) is 12.1. The van der Waals surface area contributed by atoms with E-state index in [1.807, 2.05) is 19.9 Å². The van der Waals surface area contributed by atoms with Crippen LogP contribution in [0.4, 0.5) is 5.69 Å². The molecule has 110 valence electrons. The zero-order valence-corrected chi connectivity index (χ0v) is 12.5. The molecule has 0 unspecified atom stereocenters. The van der Waals surface area contributed by atoms with Gasteiger partial charge in [0.25, 0.3) is 5.91 Å². The molecule has 1 N–H and O–H groups in total. The van der Waals surface area contributed by atoms with Crippen molar-refractivity contribution in [3.63, 3.8) is 0 Å². The molecule has 0 aromatic heterocycles. The SMILES string of the molecule is CCN(C(=O)c1ccccc1OC)c1cc(O)ccc1C. The number of rotatable bonds is 4. The van der Waals surface area contributed by atoms with E-state index in [4.69, 9.17) is 4.74 Å². The maximum absolute atomic E-state index is 12.8. The molecule has 1 amide bonds. The van der Waals surface area contributed by atoms with Gasteiger partial charge in [0, 0.05) is 12.6 Å². The lowest BCUT2D eigenvalue weighted by atomic mass is 10.1. The van der Waals surface area contributed by atoms with Gasteiger partial charge in [-0.2, -0.15) is 0 Å². The number of para-hydroxylation sites is 1. The molecule has 0 heterocycles. The predicted molar refractivity (Wildman–Crippen MR) is 83.2 cm³/mol. The highest BCUT2D eigenvalue weighted by Gasteiger charge is 2.21. The number of carbonyl (C=O) groups excluding carboxylic acids is 1. The summed E-state index contributed by atoms with van der Waals surface area (Å²) in [5.41, 5.74) is 2.14. The van der Waals surface area contributed by atoms with Gasteiger partial charge in [-0.3, -0.25) is 4.79 Å². The molecule has 0 bridgehead atoms. The first kappa shape index (κ1) is 14.9. The van der Waals surface area contributed by atoms with Gasteiger partial charge in [0.15, 0.2) is 0 Å². The van der Waals surface area contributed by atoms with Crippen LogP contribution in [0, 0.1) is 6.92 Å². The highest BCUT2D eigenvalue weighted by Crippen LogP contribution is 2.28. The zero-order chi connectivity index (χ0) is 15.4. The number of aromatic hydroxyl groups is 1. The van der Waals surface area contributed by atoms with Crippen LogP contribution in [0.3, 0.4) is 0 Å². The number of anilines is 1. The van der Waals surface area contributed by atoms with E-state index in [-0.39, 0.29) is 11.7 Å². The van der Waals surface area contributed by atoms with Crippen molar-refractivity contribution < 1.29 is 14.6 Å². The molecule has 2 aromatic rings. The van der Waals surface area contributed by atoms with E-state index in [2.05, 4.69) is 0 Å². The van der Waals surface area contributed by atoms with E-state index >= 15 is 0 Å². The van der Waals surface area contributed by atoms with Crippen molar-refractivity contribution in [1.29, 1.82) is 0 Å². The van der Waals surface area contributed by atoms with Crippen molar-refractivity contribution in [1.82, 2.24) is 0 Å². The monoisotopic (exact) mass is 285 g/mol. The number of aryl methyl sites for hydroxylation is 1. The number of nitrogens with zero attached hydrogens (tertiary/aromatic N) is 1. The van der Waals surface area contributed by atoms with Crippen LogP contribution in [0.25, 0.3) is 0 Å². The Kier molecular flexibility index (Phi) is 4.48. The Labute approximate surface area is 124 Å². The number of hydrogen-bond acceptors (Lipinski definition) is 3. The van der Waals surface area contributed by atoms with E-state index in [0.717, 1.165) is 5.56 Å². The number of amides is 1. The van der Waals surface area contributed by atoms with Crippen LogP contribution in [0.15, 0.2) is 42.5 Å². The summed E-state index contributed by atoms with van der Waals surface area (Å²) in [5, 5.41) is 9.67. The van der Waals surface area contributed by atoms with Crippen LogP contribution in [0.1, 0.15) is 22.8 Å². The topological polar surface area (TPSA) is 49.8 Å². The summed E-state index contributed by atoms with van der Waals surface area (Å²) in [4.78, 5) is 14.4. The minimum absolute atomic E-state index is 0.141. The molecule has 0 saturated heterocycles. The van der Waals surface area contributed by atoms with Crippen LogP contribution in [0.5, 0.6) is 11.5 Å². The molecule has 0 spiro atoms. The molecule has 4 heteroatoms.